The third-order valence-corrected chi connectivity index (χ3v) is 4.26. The Labute approximate surface area is 127 Å². The number of alkyl halides is 3. The van der Waals surface area contributed by atoms with Crippen LogP contribution in [0.15, 0.2) is 18.2 Å². The molecule has 1 aromatic carbocycles. The van der Waals surface area contributed by atoms with Crippen molar-refractivity contribution in [1.82, 2.24) is 4.90 Å². The molecule has 0 spiro atoms. The molecule has 0 amide bonds. The SMILES string of the molecule is CC(C)(C)N1CC[C@@H](C(F)(F)F)C[C@H]1c1ccc(F)c(F)c1. The number of rotatable bonds is 1. The van der Waals surface area contributed by atoms with Crippen molar-refractivity contribution in [2.75, 3.05) is 6.54 Å². The number of benzene rings is 1. The van der Waals surface area contributed by atoms with Crippen molar-refractivity contribution in [2.24, 2.45) is 5.92 Å². The Morgan fingerprint density at radius 1 is 1.05 bits per heavy atom. The number of piperidine rings is 1. The van der Waals surface area contributed by atoms with Crippen LogP contribution < -0.4 is 0 Å². The first-order valence-corrected chi connectivity index (χ1v) is 7.28. The Balaban J connectivity index is 2.37. The van der Waals surface area contributed by atoms with Crippen molar-refractivity contribution in [1.29, 1.82) is 0 Å². The van der Waals surface area contributed by atoms with Crippen molar-refractivity contribution < 1.29 is 22.0 Å². The third kappa shape index (κ3) is 3.59. The zero-order chi connectivity index (χ0) is 16.7. The molecule has 2 atom stereocenters. The van der Waals surface area contributed by atoms with Gasteiger partial charge in [-0.05, 0) is 57.9 Å². The number of hydrogen-bond acceptors (Lipinski definition) is 1. The van der Waals surface area contributed by atoms with E-state index in [1.165, 1.54) is 6.07 Å². The van der Waals surface area contributed by atoms with Crippen LogP contribution in [-0.4, -0.2) is 23.2 Å². The largest absolute Gasteiger partial charge is 0.391 e. The minimum absolute atomic E-state index is 0.0287. The van der Waals surface area contributed by atoms with E-state index in [1.807, 2.05) is 25.7 Å². The van der Waals surface area contributed by atoms with Gasteiger partial charge in [-0.15, -0.1) is 0 Å². The summed E-state index contributed by atoms with van der Waals surface area (Å²) >= 11 is 0. The first kappa shape index (κ1) is 17.2. The van der Waals surface area contributed by atoms with E-state index in [1.54, 1.807) is 0 Å². The Kier molecular flexibility index (Phi) is 4.53. The molecule has 0 radical (unpaired) electrons. The van der Waals surface area contributed by atoms with Gasteiger partial charge in [-0.3, -0.25) is 4.90 Å². The average molecular weight is 321 g/mol. The van der Waals surface area contributed by atoms with Crippen LogP contribution in [0.1, 0.15) is 45.2 Å². The maximum atomic E-state index is 13.5. The first-order valence-electron chi connectivity index (χ1n) is 7.28. The summed E-state index contributed by atoms with van der Waals surface area (Å²) in [6.07, 6.45) is -4.37. The summed E-state index contributed by atoms with van der Waals surface area (Å²) in [6.45, 7) is 6.01. The van der Waals surface area contributed by atoms with Gasteiger partial charge in [0.25, 0.3) is 0 Å². The molecule has 2 rings (SSSR count). The molecule has 1 nitrogen and oxygen atoms in total. The van der Waals surface area contributed by atoms with Crippen molar-refractivity contribution in [3.63, 3.8) is 0 Å². The summed E-state index contributed by atoms with van der Waals surface area (Å²) in [5, 5.41) is 0. The van der Waals surface area contributed by atoms with Crippen molar-refractivity contribution >= 4 is 0 Å². The predicted molar refractivity (Wildman–Crippen MR) is 74.3 cm³/mol. The minimum Gasteiger partial charge on any atom is -0.291 e. The fourth-order valence-corrected chi connectivity index (χ4v) is 3.10. The van der Waals surface area contributed by atoms with E-state index in [9.17, 15) is 22.0 Å². The van der Waals surface area contributed by atoms with E-state index in [0.29, 0.717) is 5.56 Å². The summed E-state index contributed by atoms with van der Waals surface area (Å²) in [7, 11) is 0. The molecule has 0 aromatic heterocycles. The molecule has 1 heterocycles. The van der Waals surface area contributed by atoms with E-state index in [-0.39, 0.29) is 24.9 Å². The molecule has 22 heavy (non-hydrogen) atoms. The number of nitrogens with zero attached hydrogens (tertiary/aromatic N) is 1. The van der Waals surface area contributed by atoms with Gasteiger partial charge in [0.15, 0.2) is 11.6 Å². The van der Waals surface area contributed by atoms with Gasteiger partial charge in [-0.1, -0.05) is 6.07 Å². The average Bonchev–Trinajstić information content (AvgIpc) is 2.39. The standard InChI is InChI=1S/C16H20F5N/c1-15(2,3)22-7-6-11(16(19,20)21)9-14(22)10-4-5-12(17)13(18)8-10/h4-5,8,11,14H,6-7,9H2,1-3H3/t11-,14+/m1/s1. The van der Waals surface area contributed by atoms with E-state index in [4.69, 9.17) is 0 Å². The summed E-state index contributed by atoms with van der Waals surface area (Å²) in [5.41, 5.74) is 0.0364. The Bertz CT molecular complexity index is 532. The van der Waals surface area contributed by atoms with Gasteiger partial charge in [0.1, 0.15) is 0 Å². The van der Waals surface area contributed by atoms with Gasteiger partial charge in [0, 0.05) is 11.6 Å². The van der Waals surface area contributed by atoms with Crippen molar-refractivity contribution in [3.8, 4) is 0 Å². The second-order valence-corrected chi connectivity index (χ2v) is 6.82. The molecule has 0 aliphatic carbocycles. The highest BCUT2D eigenvalue weighted by Gasteiger charge is 2.46. The molecule has 0 bridgehead atoms. The highest BCUT2D eigenvalue weighted by molar-refractivity contribution is 5.23. The van der Waals surface area contributed by atoms with Crippen molar-refractivity contribution in [3.05, 3.63) is 35.4 Å². The van der Waals surface area contributed by atoms with Crippen LogP contribution in [0.2, 0.25) is 0 Å². The van der Waals surface area contributed by atoms with E-state index < -0.39 is 29.8 Å². The van der Waals surface area contributed by atoms with Crippen LogP contribution in [-0.2, 0) is 0 Å². The maximum Gasteiger partial charge on any atom is 0.391 e. The molecule has 1 saturated heterocycles. The highest BCUT2D eigenvalue weighted by atomic mass is 19.4. The van der Waals surface area contributed by atoms with Gasteiger partial charge in [0.05, 0.1) is 5.92 Å². The Morgan fingerprint density at radius 3 is 2.18 bits per heavy atom. The molecule has 1 aliphatic heterocycles. The van der Waals surface area contributed by atoms with Gasteiger partial charge in [0.2, 0.25) is 0 Å². The monoisotopic (exact) mass is 321 g/mol. The van der Waals surface area contributed by atoms with Gasteiger partial charge < -0.3 is 0 Å². The molecular formula is C16H20F5N. The fraction of sp³-hybridized carbons (Fsp3) is 0.625. The second kappa shape index (κ2) is 5.80. The molecule has 1 aromatic rings. The van der Waals surface area contributed by atoms with E-state index in [2.05, 4.69) is 0 Å². The lowest BCUT2D eigenvalue weighted by atomic mass is 9.83. The van der Waals surface area contributed by atoms with Crippen LogP contribution in [0.3, 0.4) is 0 Å². The summed E-state index contributed by atoms with van der Waals surface area (Å²) in [4.78, 5) is 1.93. The lowest BCUT2D eigenvalue weighted by Crippen LogP contribution is -2.49. The fourth-order valence-electron chi connectivity index (χ4n) is 3.10. The molecule has 0 unspecified atom stereocenters. The third-order valence-electron chi connectivity index (χ3n) is 4.26. The van der Waals surface area contributed by atoms with Crippen LogP contribution in [0.4, 0.5) is 22.0 Å². The van der Waals surface area contributed by atoms with Gasteiger partial charge in [-0.25, -0.2) is 8.78 Å². The minimum atomic E-state index is -4.26. The lowest BCUT2D eigenvalue weighted by molar-refractivity contribution is -0.194. The molecule has 0 N–H and O–H groups in total. The van der Waals surface area contributed by atoms with Crippen LogP contribution in [0.25, 0.3) is 0 Å². The van der Waals surface area contributed by atoms with Crippen LogP contribution in [0.5, 0.6) is 0 Å². The Morgan fingerprint density at radius 2 is 1.68 bits per heavy atom. The molecule has 1 aliphatic rings. The zero-order valence-electron chi connectivity index (χ0n) is 12.8. The smallest absolute Gasteiger partial charge is 0.291 e. The number of likely N-dealkylation sites (tertiary alicyclic amines) is 1. The van der Waals surface area contributed by atoms with E-state index in [0.717, 1.165) is 12.1 Å². The van der Waals surface area contributed by atoms with E-state index >= 15 is 0 Å². The van der Waals surface area contributed by atoms with Gasteiger partial charge in [-0.2, -0.15) is 13.2 Å². The molecular weight excluding hydrogens is 301 g/mol. The normalized spacial score (nSPS) is 24.5. The summed E-state index contributed by atoms with van der Waals surface area (Å²) in [5.74, 6) is -3.43. The lowest BCUT2D eigenvalue weighted by Gasteiger charge is -2.47. The first-order chi connectivity index (χ1) is 10.00. The molecule has 0 saturated carbocycles. The van der Waals surface area contributed by atoms with Gasteiger partial charge >= 0.3 is 6.18 Å². The van der Waals surface area contributed by atoms with Crippen LogP contribution in [0, 0.1) is 17.6 Å². The topological polar surface area (TPSA) is 3.24 Å². The Hall–Kier alpha value is -1.17. The number of hydrogen-bond donors (Lipinski definition) is 0. The molecule has 124 valence electrons. The van der Waals surface area contributed by atoms with Crippen molar-refractivity contribution in [2.45, 2.75) is 51.4 Å². The second-order valence-electron chi connectivity index (χ2n) is 6.82. The van der Waals surface area contributed by atoms with Crippen LogP contribution >= 0.6 is 0 Å². The number of halogens is 5. The summed E-state index contributed by atoms with van der Waals surface area (Å²) in [6, 6.07) is 2.79. The molecule has 6 heteroatoms. The highest BCUT2D eigenvalue weighted by Crippen LogP contribution is 2.44. The predicted octanol–water partition coefficient (Wildman–Crippen LogP) is 5.08. The maximum absolute atomic E-state index is 13.5. The summed E-state index contributed by atoms with van der Waals surface area (Å²) < 4.78 is 65.7. The quantitative estimate of drug-likeness (QED) is 0.652. The zero-order valence-corrected chi connectivity index (χ0v) is 12.8. The molecule has 1 fully saturated rings.